The number of nitrogens with zero attached hydrogens (tertiary/aromatic N) is 2. The molecule has 1 aliphatic heterocycles. The first kappa shape index (κ1) is 19.2. The molecule has 0 radical (unpaired) electrons. The molecule has 2 heterocycles. The summed E-state index contributed by atoms with van der Waals surface area (Å²) in [6.45, 7) is 5.40. The summed E-state index contributed by atoms with van der Waals surface area (Å²) in [4.78, 5) is 29.7. The van der Waals surface area contributed by atoms with Crippen molar-refractivity contribution < 1.29 is 9.59 Å². The van der Waals surface area contributed by atoms with Crippen LogP contribution in [0.15, 0.2) is 18.3 Å². The van der Waals surface area contributed by atoms with Gasteiger partial charge in [0.1, 0.15) is 5.82 Å². The van der Waals surface area contributed by atoms with Crippen molar-refractivity contribution in [3.63, 3.8) is 0 Å². The van der Waals surface area contributed by atoms with Gasteiger partial charge in [-0.15, -0.1) is 0 Å². The maximum atomic E-state index is 12.1. The average Bonchev–Trinajstić information content (AvgIpc) is 2.91. The van der Waals surface area contributed by atoms with E-state index in [1.54, 1.807) is 6.20 Å². The number of carbonyl (C=O) groups excluding carboxylic acids is 2. The minimum atomic E-state index is -0.00904. The SMILES string of the molecule is CC(=O)NC[C@H]1CC[C@@H](CC(=O)NCCNc2ncccc2C)N1C. The molecular formula is C18H29N5O2. The highest BCUT2D eigenvalue weighted by atomic mass is 16.2. The highest BCUT2D eigenvalue weighted by Crippen LogP contribution is 2.24. The van der Waals surface area contributed by atoms with Gasteiger partial charge in [-0.05, 0) is 38.4 Å². The predicted octanol–water partition coefficient (Wildman–Crippen LogP) is 0.907. The molecule has 7 nitrogen and oxygen atoms in total. The molecule has 1 aliphatic rings. The Bertz CT molecular complexity index is 593. The summed E-state index contributed by atoms with van der Waals surface area (Å²) in [5.41, 5.74) is 1.09. The van der Waals surface area contributed by atoms with Crippen molar-refractivity contribution in [3.8, 4) is 0 Å². The summed E-state index contributed by atoms with van der Waals surface area (Å²) >= 11 is 0. The number of pyridine rings is 1. The maximum Gasteiger partial charge on any atom is 0.221 e. The zero-order valence-electron chi connectivity index (χ0n) is 15.3. The summed E-state index contributed by atoms with van der Waals surface area (Å²) in [7, 11) is 2.03. The molecule has 0 unspecified atom stereocenters. The second-order valence-corrected chi connectivity index (χ2v) is 6.64. The van der Waals surface area contributed by atoms with Gasteiger partial charge >= 0.3 is 0 Å². The Morgan fingerprint density at radius 2 is 2.00 bits per heavy atom. The molecule has 0 aromatic carbocycles. The van der Waals surface area contributed by atoms with Gasteiger partial charge in [0.15, 0.2) is 0 Å². The number of aromatic nitrogens is 1. The molecular weight excluding hydrogens is 318 g/mol. The standard InChI is InChI=1S/C18H29N5O2/c1-13-5-4-8-20-18(13)21-10-9-19-17(25)11-15-6-7-16(23(15)3)12-22-14(2)24/h4-5,8,15-16H,6-7,9-12H2,1-3H3,(H,19,25)(H,20,21)(H,22,24)/t15-,16+/m0/s1. The zero-order valence-corrected chi connectivity index (χ0v) is 15.3. The van der Waals surface area contributed by atoms with Crippen molar-refractivity contribution in [2.45, 2.75) is 45.2 Å². The smallest absolute Gasteiger partial charge is 0.221 e. The molecule has 3 N–H and O–H groups in total. The summed E-state index contributed by atoms with van der Waals surface area (Å²) in [5.74, 6) is 0.912. The van der Waals surface area contributed by atoms with Crippen molar-refractivity contribution in [1.29, 1.82) is 0 Å². The molecule has 2 amide bonds. The Labute approximate surface area is 149 Å². The Hall–Kier alpha value is -2.15. The van der Waals surface area contributed by atoms with Crippen LogP contribution in [0.1, 0.15) is 31.7 Å². The van der Waals surface area contributed by atoms with Gasteiger partial charge in [0.25, 0.3) is 0 Å². The van der Waals surface area contributed by atoms with Gasteiger partial charge < -0.3 is 16.0 Å². The average molecular weight is 347 g/mol. The number of likely N-dealkylation sites (tertiary alicyclic amines) is 1. The first-order valence-electron chi connectivity index (χ1n) is 8.86. The molecule has 25 heavy (non-hydrogen) atoms. The van der Waals surface area contributed by atoms with E-state index in [9.17, 15) is 9.59 Å². The van der Waals surface area contributed by atoms with Crippen LogP contribution in [-0.4, -0.2) is 60.5 Å². The fourth-order valence-corrected chi connectivity index (χ4v) is 3.18. The van der Waals surface area contributed by atoms with Crippen LogP contribution in [0.4, 0.5) is 5.82 Å². The lowest BCUT2D eigenvalue weighted by atomic mass is 10.1. The summed E-state index contributed by atoms with van der Waals surface area (Å²) < 4.78 is 0. The lowest BCUT2D eigenvalue weighted by Gasteiger charge is -2.25. The number of amides is 2. The molecule has 7 heteroatoms. The van der Waals surface area contributed by atoms with Crippen LogP contribution >= 0.6 is 0 Å². The molecule has 1 aromatic rings. The van der Waals surface area contributed by atoms with Gasteiger partial charge in [0, 0.05) is 51.3 Å². The minimum absolute atomic E-state index is 0.00904. The second-order valence-electron chi connectivity index (χ2n) is 6.64. The molecule has 0 saturated carbocycles. The molecule has 138 valence electrons. The Balaban J connectivity index is 1.65. The van der Waals surface area contributed by atoms with E-state index in [0.717, 1.165) is 24.2 Å². The molecule has 0 aliphatic carbocycles. The third kappa shape index (κ3) is 6.01. The number of aryl methyl sites for hydroxylation is 1. The van der Waals surface area contributed by atoms with Crippen LogP contribution in [0.2, 0.25) is 0 Å². The lowest BCUT2D eigenvalue weighted by Crippen LogP contribution is -2.42. The number of hydrogen-bond acceptors (Lipinski definition) is 5. The molecule has 1 aromatic heterocycles. The van der Waals surface area contributed by atoms with Crippen LogP contribution in [0.3, 0.4) is 0 Å². The molecule has 2 atom stereocenters. The zero-order chi connectivity index (χ0) is 18.2. The van der Waals surface area contributed by atoms with Gasteiger partial charge in [-0.2, -0.15) is 0 Å². The molecule has 1 saturated heterocycles. The minimum Gasteiger partial charge on any atom is -0.368 e. The van der Waals surface area contributed by atoms with Gasteiger partial charge in [-0.3, -0.25) is 14.5 Å². The maximum absolute atomic E-state index is 12.1. The fraction of sp³-hybridized carbons (Fsp3) is 0.611. The van der Waals surface area contributed by atoms with E-state index < -0.39 is 0 Å². The third-order valence-electron chi connectivity index (χ3n) is 4.74. The first-order valence-corrected chi connectivity index (χ1v) is 8.86. The summed E-state index contributed by atoms with van der Waals surface area (Å²) in [6.07, 6.45) is 4.24. The van der Waals surface area contributed by atoms with E-state index in [4.69, 9.17) is 0 Å². The van der Waals surface area contributed by atoms with E-state index >= 15 is 0 Å². The fourth-order valence-electron chi connectivity index (χ4n) is 3.18. The van der Waals surface area contributed by atoms with E-state index in [2.05, 4.69) is 25.8 Å². The number of rotatable bonds is 8. The van der Waals surface area contributed by atoms with Crippen LogP contribution in [0, 0.1) is 6.92 Å². The molecule has 0 spiro atoms. The van der Waals surface area contributed by atoms with E-state index in [0.29, 0.717) is 32.1 Å². The highest BCUT2D eigenvalue weighted by Gasteiger charge is 2.31. The van der Waals surface area contributed by atoms with Crippen LogP contribution < -0.4 is 16.0 Å². The number of carbonyl (C=O) groups is 2. The Kier molecular flexibility index (Phi) is 7.18. The number of anilines is 1. The predicted molar refractivity (Wildman–Crippen MR) is 98.3 cm³/mol. The van der Waals surface area contributed by atoms with E-state index in [1.165, 1.54) is 6.92 Å². The Morgan fingerprint density at radius 1 is 1.24 bits per heavy atom. The largest absolute Gasteiger partial charge is 0.368 e. The summed E-state index contributed by atoms with van der Waals surface area (Å²) in [5, 5.41) is 9.05. The van der Waals surface area contributed by atoms with Gasteiger partial charge in [-0.25, -0.2) is 4.98 Å². The molecule has 1 fully saturated rings. The van der Waals surface area contributed by atoms with Crippen molar-refractivity contribution in [2.24, 2.45) is 0 Å². The van der Waals surface area contributed by atoms with Gasteiger partial charge in [-0.1, -0.05) is 6.07 Å². The second kappa shape index (κ2) is 9.36. The number of hydrogen-bond donors (Lipinski definition) is 3. The number of likely N-dealkylation sites (N-methyl/N-ethyl adjacent to an activating group) is 1. The quantitative estimate of drug-likeness (QED) is 0.609. The van der Waals surface area contributed by atoms with Gasteiger partial charge in [0.05, 0.1) is 0 Å². The summed E-state index contributed by atoms with van der Waals surface area (Å²) in [6, 6.07) is 4.46. The van der Waals surface area contributed by atoms with Crippen LogP contribution in [0.5, 0.6) is 0 Å². The van der Waals surface area contributed by atoms with Crippen LogP contribution in [0.25, 0.3) is 0 Å². The normalized spacial score (nSPS) is 20.3. The van der Waals surface area contributed by atoms with E-state index in [1.807, 2.05) is 26.1 Å². The number of nitrogens with one attached hydrogen (secondary N) is 3. The van der Waals surface area contributed by atoms with E-state index in [-0.39, 0.29) is 17.9 Å². The van der Waals surface area contributed by atoms with Crippen molar-refractivity contribution in [1.82, 2.24) is 20.5 Å². The first-order chi connectivity index (χ1) is 12.0. The van der Waals surface area contributed by atoms with Crippen molar-refractivity contribution in [3.05, 3.63) is 23.9 Å². The van der Waals surface area contributed by atoms with Crippen molar-refractivity contribution >= 4 is 17.6 Å². The van der Waals surface area contributed by atoms with Crippen molar-refractivity contribution in [2.75, 3.05) is 32.0 Å². The van der Waals surface area contributed by atoms with Gasteiger partial charge in [0.2, 0.25) is 11.8 Å². The topological polar surface area (TPSA) is 86.4 Å². The highest BCUT2D eigenvalue weighted by molar-refractivity contribution is 5.76. The molecule has 0 bridgehead atoms. The lowest BCUT2D eigenvalue weighted by molar-refractivity contribution is -0.122. The monoisotopic (exact) mass is 347 g/mol. The third-order valence-corrected chi connectivity index (χ3v) is 4.74. The van der Waals surface area contributed by atoms with Crippen LogP contribution in [-0.2, 0) is 9.59 Å². The molecule has 2 rings (SSSR count). The Morgan fingerprint density at radius 3 is 2.72 bits per heavy atom.